The number of ether oxygens (including phenoxy) is 1. The third kappa shape index (κ3) is 8.19. The first-order valence-corrected chi connectivity index (χ1v) is 8.71. The summed E-state index contributed by atoms with van der Waals surface area (Å²) in [6, 6.07) is 7.66. The summed E-state index contributed by atoms with van der Waals surface area (Å²) >= 11 is 0. The first-order valence-electron chi connectivity index (χ1n) is 8.71. The van der Waals surface area contributed by atoms with Crippen molar-refractivity contribution >= 4 is 35.6 Å². The zero-order valence-corrected chi connectivity index (χ0v) is 17.0. The minimum Gasteiger partial charge on any atom is -0.497 e. The van der Waals surface area contributed by atoms with Gasteiger partial charge in [-0.25, -0.2) is 0 Å². The van der Waals surface area contributed by atoms with Crippen molar-refractivity contribution in [3.8, 4) is 5.75 Å². The third-order valence-corrected chi connectivity index (χ3v) is 4.23. The van der Waals surface area contributed by atoms with Crippen molar-refractivity contribution in [1.29, 1.82) is 0 Å². The molecule has 0 aliphatic carbocycles. The molecule has 1 fully saturated rings. The van der Waals surface area contributed by atoms with Gasteiger partial charge in [-0.2, -0.15) is 0 Å². The van der Waals surface area contributed by atoms with Crippen LogP contribution in [-0.2, 0) is 0 Å². The Kier molecular flexibility index (Phi) is 10.8. The maximum Gasteiger partial charge on any atom is 0.193 e. The van der Waals surface area contributed by atoms with Gasteiger partial charge in [0, 0.05) is 12.2 Å². The van der Waals surface area contributed by atoms with Gasteiger partial charge in [0.15, 0.2) is 5.96 Å². The maximum atomic E-state index is 5.91. The van der Waals surface area contributed by atoms with E-state index in [1.54, 1.807) is 7.11 Å². The molecule has 1 aromatic rings. The van der Waals surface area contributed by atoms with E-state index >= 15 is 0 Å². The summed E-state index contributed by atoms with van der Waals surface area (Å²) in [5.74, 6) is 1.31. The fourth-order valence-corrected chi connectivity index (χ4v) is 2.87. The third-order valence-electron chi connectivity index (χ3n) is 4.23. The lowest BCUT2D eigenvalue weighted by Gasteiger charge is -2.26. The molecular weight excluding hydrogens is 415 g/mol. The zero-order valence-electron chi connectivity index (χ0n) is 14.7. The van der Waals surface area contributed by atoms with Gasteiger partial charge in [-0.1, -0.05) is 12.8 Å². The first kappa shape index (κ1) is 21.0. The van der Waals surface area contributed by atoms with Gasteiger partial charge in [0.2, 0.25) is 0 Å². The van der Waals surface area contributed by atoms with E-state index in [9.17, 15) is 0 Å². The molecule has 1 aromatic carbocycles. The predicted molar refractivity (Wildman–Crippen MR) is 113 cm³/mol. The fraction of sp³-hybridized carbons (Fsp3) is 0.611. The summed E-state index contributed by atoms with van der Waals surface area (Å²) < 4.78 is 5.13. The lowest BCUT2D eigenvalue weighted by molar-refractivity contribution is 0.224. The Morgan fingerprint density at radius 1 is 1.12 bits per heavy atom. The Labute approximate surface area is 163 Å². The van der Waals surface area contributed by atoms with Crippen LogP contribution in [0.4, 0.5) is 5.69 Å². The van der Waals surface area contributed by atoms with E-state index in [1.165, 1.54) is 51.7 Å². The second-order valence-electron chi connectivity index (χ2n) is 6.08. The average Bonchev–Trinajstić information content (AvgIpc) is 2.59. The lowest BCUT2D eigenvalue weighted by Crippen LogP contribution is -2.30. The molecule has 5 nitrogen and oxygen atoms in total. The minimum atomic E-state index is 0. The number of aliphatic imine (C=N–C) groups is 1. The summed E-state index contributed by atoms with van der Waals surface area (Å²) in [7, 11) is 1.66. The summed E-state index contributed by atoms with van der Waals surface area (Å²) in [5.41, 5.74) is 6.84. The molecule has 1 heterocycles. The number of hydrogen-bond donors (Lipinski definition) is 2. The van der Waals surface area contributed by atoms with Crippen molar-refractivity contribution in [3.63, 3.8) is 0 Å². The number of halogens is 1. The predicted octanol–water partition coefficient (Wildman–Crippen LogP) is 3.70. The summed E-state index contributed by atoms with van der Waals surface area (Å²) in [4.78, 5) is 6.97. The molecule has 136 valence electrons. The highest BCUT2D eigenvalue weighted by Gasteiger charge is 2.08. The molecule has 0 bridgehead atoms. The molecule has 0 atom stereocenters. The van der Waals surface area contributed by atoms with Gasteiger partial charge in [0.25, 0.3) is 0 Å². The molecule has 2 rings (SSSR count). The molecule has 6 heteroatoms. The Hall–Kier alpha value is -1.02. The number of guanidine groups is 1. The van der Waals surface area contributed by atoms with Crippen molar-refractivity contribution in [2.45, 2.75) is 38.5 Å². The molecule has 24 heavy (non-hydrogen) atoms. The van der Waals surface area contributed by atoms with Crippen LogP contribution >= 0.6 is 24.0 Å². The molecular formula is C18H31IN4O. The number of methoxy groups -OCH3 is 1. The van der Waals surface area contributed by atoms with E-state index in [0.717, 1.165) is 24.4 Å². The van der Waals surface area contributed by atoms with Gasteiger partial charge in [0.05, 0.1) is 7.11 Å². The lowest BCUT2D eigenvalue weighted by atomic mass is 10.1. The topological polar surface area (TPSA) is 62.9 Å². The standard InChI is InChI=1S/C18H30N4O.HI/c1-23-17-10-8-16(9-11-17)21-18(19)20-12-4-2-5-13-22-14-6-3-7-15-22;/h8-11H,2-7,12-15H2,1H3,(H3,19,20,21);1H. The first-order chi connectivity index (χ1) is 11.3. The number of benzene rings is 1. The Morgan fingerprint density at radius 2 is 1.83 bits per heavy atom. The molecule has 0 amide bonds. The number of nitrogens with zero attached hydrogens (tertiary/aromatic N) is 2. The Morgan fingerprint density at radius 3 is 2.50 bits per heavy atom. The van der Waals surface area contributed by atoms with E-state index in [-0.39, 0.29) is 24.0 Å². The molecule has 0 spiro atoms. The summed E-state index contributed by atoms with van der Waals surface area (Å²) in [6.45, 7) is 4.60. The second kappa shape index (κ2) is 12.4. The van der Waals surface area contributed by atoms with Gasteiger partial charge in [0.1, 0.15) is 5.75 Å². The quantitative estimate of drug-likeness (QED) is 0.277. The van der Waals surface area contributed by atoms with Gasteiger partial charge in [-0.05, 0) is 69.6 Å². The summed E-state index contributed by atoms with van der Waals surface area (Å²) in [6.07, 6.45) is 7.73. The number of anilines is 1. The highest BCUT2D eigenvalue weighted by molar-refractivity contribution is 14.0. The van der Waals surface area contributed by atoms with E-state index in [4.69, 9.17) is 10.5 Å². The van der Waals surface area contributed by atoms with E-state index in [2.05, 4.69) is 15.2 Å². The average molecular weight is 446 g/mol. The Balaban J connectivity index is 0.00000288. The maximum absolute atomic E-state index is 5.91. The fourth-order valence-electron chi connectivity index (χ4n) is 2.87. The van der Waals surface area contributed by atoms with Crippen LogP contribution in [0.3, 0.4) is 0 Å². The van der Waals surface area contributed by atoms with Crippen LogP contribution in [0.1, 0.15) is 38.5 Å². The van der Waals surface area contributed by atoms with Crippen LogP contribution < -0.4 is 15.8 Å². The highest BCUT2D eigenvalue weighted by atomic mass is 127. The molecule has 1 aliphatic heterocycles. The van der Waals surface area contributed by atoms with E-state index in [0.29, 0.717) is 5.96 Å². The number of piperidine rings is 1. The number of rotatable bonds is 8. The second-order valence-corrected chi connectivity index (χ2v) is 6.08. The van der Waals surface area contributed by atoms with Gasteiger partial charge >= 0.3 is 0 Å². The van der Waals surface area contributed by atoms with E-state index < -0.39 is 0 Å². The number of nitrogens with one attached hydrogen (secondary N) is 1. The number of hydrogen-bond acceptors (Lipinski definition) is 3. The van der Waals surface area contributed by atoms with Crippen molar-refractivity contribution in [3.05, 3.63) is 24.3 Å². The molecule has 0 radical (unpaired) electrons. The van der Waals surface area contributed by atoms with Crippen LogP contribution in [0, 0.1) is 0 Å². The van der Waals surface area contributed by atoms with Gasteiger partial charge in [-0.3, -0.25) is 4.99 Å². The Bertz CT molecular complexity index is 472. The number of nitrogens with two attached hydrogens (primary N) is 1. The molecule has 1 aliphatic rings. The van der Waals surface area contributed by atoms with Crippen LogP contribution in [0.2, 0.25) is 0 Å². The van der Waals surface area contributed by atoms with Crippen molar-refractivity contribution in [2.24, 2.45) is 10.7 Å². The largest absolute Gasteiger partial charge is 0.497 e. The van der Waals surface area contributed by atoms with Crippen LogP contribution in [-0.4, -0.2) is 44.1 Å². The number of likely N-dealkylation sites (tertiary alicyclic amines) is 1. The highest BCUT2D eigenvalue weighted by Crippen LogP contribution is 2.14. The number of unbranched alkanes of at least 4 members (excludes halogenated alkanes) is 2. The molecule has 0 saturated carbocycles. The molecule has 1 saturated heterocycles. The van der Waals surface area contributed by atoms with Gasteiger partial charge < -0.3 is 20.7 Å². The molecule has 0 unspecified atom stereocenters. The van der Waals surface area contributed by atoms with Crippen LogP contribution in [0.5, 0.6) is 5.75 Å². The normalized spacial score (nSPS) is 15.6. The minimum absolute atomic E-state index is 0. The zero-order chi connectivity index (χ0) is 16.3. The van der Waals surface area contributed by atoms with Crippen molar-refractivity contribution in [2.75, 3.05) is 38.6 Å². The van der Waals surface area contributed by atoms with Crippen molar-refractivity contribution in [1.82, 2.24) is 4.90 Å². The van der Waals surface area contributed by atoms with Gasteiger partial charge in [-0.15, -0.1) is 24.0 Å². The van der Waals surface area contributed by atoms with Crippen molar-refractivity contribution < 1.29 is 4.74 Å². The monoisotopic (exact) mass is 446 g/mol. The van der Waals surface area contributed by atoms with Crippen LogP contribution in [0.25, 0.3) is 0 Å². The molecule has 0 aromatic heterocycles. The molecule has 3 N–H and O–H groups in total. The smallest absolute Gasteiger partial charge is 0.193 e. The SMILES string of the molecule is COc1ccc(NC(N)=NCCCCCN2CCCCC2)cc1.I. The van der Waals surface area contributed by atoms with Crippen LogP contribution in [0.15, 0.2) is 29.3 Å². The van der Waals surface area contributed by atoms with E-state index in [1.807, 2.05) is 24.3 Å². The summed E-state index contributed by atoms with van der Waals surface area (Å²) in [5, 5.41) is 3.10.